The van der Waals surface area contributed by atoms with Crippen LogP contribution in [0.1, 0.15) is 36.9 Å². The Morgan fingerprint density at radius 3 is 2.32 bits per heavy atom. The van der Waals surface area contributed by atoms with Crippen molar-refractivity contribution in [1.82, 2.24) is 0 Å². The highest BCUT2D eigenvalue weighted by Crippen LogP contribution is 2.23. The molecular formula is C17H18N2O6. The fourth-order valence-electron chi connectivity index (χ4n) is 1.99. The summed E-state index contributed by atoms with van der Waals surface area (Å²) in [6.07, 6.45) is 0. The van der Waals surface area contributed by atoms with Gasteiger partial charge in [0.2, 0.25) is 5.76 Å². The lowest BCUT2D eigenvalue weighted by atomic mass is 9.87. The first-order valence-corrected chi connectivity index (χ1v) is 7.48. The molecule has 0 unspecified atom stereocenters. The summed E-state index contributed by atoms with van der Waals surface area (Å²) >= 11 is 0. The van der Waals surface area contributed by atoms with E-state index >= 15 is 0 Å². The predicted molar refractivity (Wildman–Crippen MR) is 89.4 cm³/mol. The molecule has 2 aromatic rings. The van der Waals surface area contributed by atoms with Crippen LogP contribution in [-0.2, 0) is 14.9 Å². The first-order chi connectivity index (χ1) is 11.7. The van der Waals surface area contributed by atoms with E-state index in [4.69, 9.17) is 9.15 Å². The zero-order chi connectivity index (χ0) is 18.6. The number of hydrogen-bond acceptors (Lipinski definition) is 6. The van der Waals surface area contributed by atoms with Crippen LogP contribution in [0.25, 0.3) is 0 Å². The molecule has 1 N–H and O–H groups in total. The maximum atomic E-state index is 11.8. The second-order valence-corrected chi connectivity index (χ2v) is 6.35. The molecule has 0 saturated carbocycles. The van der Waals surface area contributed by atoms with Crippen LogP contribution in [-0.4, -0.2) is 23.4 Å². The third-order valence-electron chi connectivity index (χ3n) is 3.34. The van der Waals surface area contributed by atoms with E-state index in [1.807, 2.05) is 12.1 Å². The van der Waals surface area contributed by atoms with Crippen molar-refractivity contribution in [2.75, 3.05) is 11.9 Å². The number of ether oxygens (including phenoxy) is 1. The molecule has 8 heteroatoms. The van der Waals surface area contributed by atoms with E-state index in [-0.39, 0.29) is 11.2 Å². The summed E-state index contributed by atoms with van der Waals surface area (Å²) in [5, 5.41) is 13.1. The van der Waals surface area contributed by atoms with Gasteiger partial charge in [-0.25, -0.2) is 4.79 Å². The van der Waals surface area contributed by atoms with Crippen molar-refractivity contribution in [3.05, 3.63) is 57.8 Å². The van der Waals surface area contributed by atoms with Gasteiger partial charge in [0.15, 0.2) is 6.61 Å². The minimum Gasteiger partial charge on any atom is -0.450 e. The number of benzene rings is 1. The lowest BCUT2D eigenvalue weighted by Gasteiger charge is -2.19. The van der Waals surface area contributed by atoms with Gasteiger partial charge in [-0.1, -0.05) is 32.9 Å². The van der Waals surface area contributed by atoms with E-state index in [0.717, 1.165) is 17.7 Å². The molecule has 132 valence electrons. The zero-order valence-electron chi connectivity index (χ0n) is 14.1. The van der Waals surface area contributed by atoms with Crippen molar-refractivity contribution >= 4 is 23.4 Å². The number of nitrogens with one attached hydrogen (secondary N) is 1. The Morgan fingerprint density at radius 2 is 1.80 bits per heavy atom. The van der Waals surface area contributed by atoms with Gasteiger partial charge < -0.3 is 14.5 Å². The van der Waals surface area contributed by atoms with Gasteiger partial charge in [0, 0.05) is 5.69 Å². The standard InChI is InChI=1S/C17H18N2O6/c1-17(2,3)11-4-6-12(7-5-11)18-14(20)10-24-16(21)13-8-9-15(25-13)19(22)23/h4-9H,10H2,1-3H3,(H,18,20). The van der Waals surface area contributed by atoms with Crippen molar-refractivity contribution in [1.29, 1.82) is 0 Å². The number of anilines is 1. The van der Waals surface area contributed by atoms with Crippen molar-refractivity contribution < 1.29 is 23.7 Å². The van der Waals surface area contributed by atoms with Crippen molar-refractivity contribution in [3.8, 4) is 0 Å². The summed E-state index contributed by atoms with van der Waals surface area (Å²) in [5.74, 6) is -2.39. The fraction of sp³-hybridized carbons (Fsp3) is 0.294. The van der Waals surface area contributed by atoms with Crippen LogP contribution in [0, 0.1) is 10.1 Å². The Kier molecular flexibility index (Phi) is 5.21. The highest BCUT2D eigenvalue weighted by molar-refractivity contribution is 5.94. The van der Waals surface area contributed by atoms with E-state index in [1.54, 1.807) is 12.1 Å². The molecule has 1 amide bonds. The number of nitrogens with zero attached hydrogens (tertiary/aromatic N) is 1. The number of carbonyl (C=O) groups is 2. The normalized spacial score (nSPS) is 11.0. The quantitative estimate of drug-likeness (QED) is 0.505. The average molecular weight is 346 g/mol. The van der Waals surface area contributed by atoms with Gasteiger partial charge in [0.05, 0.1) is 6.07 Å². The molecular weight excluding hydrogens is 328 g/mol. The number of rotatable bonds is 5. The molecule has 0 spiro atoms. The molecule has 0 aliphatic carbocycles. The highest BCUT2D eigenvalue weighted by atomic mass is 16.7. The van der Waals surface area contributed by atoms with E-state index in [2.05, 4.69) is 26.1 Å². The molecule has 0 saturated heterocycles. The topological polar surface area (TPSA) is 112 Å². The summed E-state index contributed by atoms with van der Waals surface area (Å²) in [6, 6.07) is 9.48. The van der Waals surface area contributed by atoms with Crippen LogP contribution >= 0.6 is 0 Å². The lowest BCUT2D eigenvalue weighted by molar-refractivity contribution is -0.402. The van der Waals surface area contributed by atoms with E-state index in [9.17, 15) is 19.7 Å². The molecule has 1 heterocycles. The summed E-state index contributed by atoms with van der Waals surface area (Å²) in [4.78, 5) is 33.2. The van der Waals surface area contributed by atoms with E-state index < -0.39 is 29.3 Å². The van der Waals surface area contributed by atoms with Crippen molar-refractivity contribution in [2.45, 2.75) is 26.2 Å². The minimum absolute atomic E-state index is 0.00369. The number of esters is 1. The Labute approximate surface area is 143 Å². The fourth-order valence-corrected chi connectivity index (χ4v) is 1.99. The Balaban J connectivity index is 1.87. The van der Waals surface area contributed by atoms with Gasteiger partial charge >= 0.3 is 11.9 Å². The van der Waals surface area contributed by atoms with Crippen LogP contribution in [0.4, 0.5) is 11.6 Å². The summed E-state index contributed by atoms with van der Waals surface area (Å²) in [6.45, 7) is 5.71. The van der Waals surface area contributed by atoms with Gasteiger partial charge in [-0.2, -0.15) is 0 Å². The van der Waals surface area contributed by atoms with Crippen LogP contribution < -0.4 is 5.32 Å². The predicted octanol–water partition coefficient (Wildman–Crippen LogP) is 3.28. The smallest absolute Gasteiger partial charge is 0.433 e. The molecule has 8 nitrogen and oxygen atoms in total. The third-order valence-corrected chi connectivity index (χ3v) is 3.34. The average Bonchev–Trinajstić information content (AvgIpc) is 3.02. The SMILES string of the molecule is CC(C)(C)c1ccc(NC(=O)COC(=O)c2ccc([N+](=O)[O-])o2)cc1. The molecule has 0 fully saturated rings. The van der Waals surface area contributed by atoms with Crippen LogP contribution in [0.5, 0.6) is 0 Å². The zero-order valence-corrected chi connectivity index (χ0v) is 14.1. The van der Waals surface area contributed by atoms with Gasteiger partial charge in [0.1, 0.15) is 4.92 Å². The maximum Gasteiger partial charge on any atom is 0.433 e. The summed E-state index contributed by atoms with van der Waals surface area (Å²) in [5.41, 5.74) is 1.70. The second kappa shape index (κ2) is 7.16. The van der Waals surface area contributed by atoms with Crippen molar-refractivity contribution in [3.63, 3.8) is 0 Å². The Morgan fingerprint density at radius 1 is 1.16 bits per heavy atom. The molecule has 1 aromatic heterocycles. The number of carbonyl (C=O) groups excluding carboxylic acids is 2. The number of furan rings is 1. The molecule has 2 rings (SSSR count). The third kappa shape index (κ3) is 4.90. The summed E-state index contributed by atoms with van der Waals surface area (Å²) < 4.78 is 9.46. The van der Waals surface area contributed by atoms with Crippen molar-refractivity contribution in [2.24, 2.45) is 0 Å². The van der Waals surface area contributed by atoms with Gasteiger partial charge in [-0.05, 0) is 29.2 Å². The summed E-state index contributed by atoms with van der Waals surface area (Å²) in [7, 11) is 0. The lowest BCUT2D eigenvalue weighted by Crippen LogP contribution is -2.21. The molecule has 0 radical (unpaired) electrons. The van der Waals surface area contributed by atoms with E-state index in [0.29, 0.717) is 5.69 Å². The van der Waals surface area contributed by atoms with Gasteiger partial charge in [0.25, 0.3) is 5.91 Å². The first kappa shape index (κ1) is 18.2. The second-order valence-electron chi connectivity index (χ2n) is 6.35. The monoisotopic (exact) mass is 346 g/mol. The molecule has 0 bridgehead atoms. The van der Waals surface area contributed by atoms with Gasteiger partial charge in [-0.15, -0.1) is 0 Å². The minimum atomic E-state index is -0.952. The number of nitro groups is 1. The molecule has 0 aliphatic rings. The first-order valence-electron chi connectivity index (χ1n) is 7.48. The number of amides is 1. The highest BCUT2D eigenvalue weighted by Gasteiger charge is 2.19. The Bertz CT molecular complexity index is 786. The van der Waals surface area contributed by atoms with Crippen LogP contribution in [0.3, 0.4) is 0 Å². The molecule has 0 aliphatic heterocycles. The molecule has 1 aromatic carbocycles. The van der Waals surface area contributed by atoms with E-state index in [1.165, 1.54) is 0 Å². The molecule has 0 atom stereocenters. The van der Waals surface area contributed by atoms with Gasteiger partial charge in [-0.3, -0.25) is 14.9 Å². The maximum absolute atomic E-state index is 11.8. The Hall–Kier alpha value is -3.16. The number of hydrogen-bond donors (Lipinski definition) is 1. The largest absolute Gasteiger partial charge is 0.450 e. The van der Waals surface area contributed by atoms with Crippen LogP contribution in [0.2, 0.25) is 0 Å². The van der Waals surface area contributed by atoms with Crippen LogP contribution in [0.15, 0.2) is 40.8 Å². The molecule has 25 heavy (non-hydrogen) atoms.